The van der Waals surface area contributed by atoms with Crippen molar-refractivity contribution in [3.8, 4) is 0 Å². The van der Waals surface area contributed by atoms with E-state index in [2.05, 4.69) is 10.6 Å². The van der Waals surface area contributed by atoms with Crippen LogP contribution in [-0.2, 0) is 9.59 Å². The van der Waals surface area contributed by atoms with Gasteiger partial charge in [0.2, 0.25) is 11.8 Å². The highest BCUT2D eigenvalue weighted by Crippen LogP contribution is 2.30. The molecule has 0 aliphatic heterocycles. The molecule has 19 heavy (non-hydrogen) atoms. The maximum absolute atomic E-state index is 12.0. The summed E-state index contributed by atoms with van der Waals surface area (Å²) in [6.45, 7) is 4.99. The Hall–Kier alpha value is -1.10. The molecule has 1 unspecified atom stereocenters. The maximum Gasteiger partial charge on any atom is 0.223 e. The van der Waals surface area contributed by atoms with Crippen molar-refractivity contribution >= 4 is 11.8 Å². The van der Waals surface area contributed by atoms with Gasteiger partial charge in [-0.15, -0.1) is 0 Å². The van der Waals surface area contributed by atoms with E-state index in [0.717, 1.165) is 25.7 Å². The molecule has 0 aromatic carbocycles. The van der Waals surface area contributed by atoms with Crippen molar-refractivity contribution in [1.82, 2.24) is 10.6 Å². The van der Waals surface area contributed by atoms with E-state index in [-0.39, 0.29) is 23.8 Å². The third-order valence-electron chi connectivity index (χ3n) is 3.97. The molecule has 0 spiro atoms. The normalized spacial score (nSPS) is 23.9. The van der Waals surface area contributed by atoms with Gasteiger partial charge in [-0.1, -0.05) is 13.3 Å². The van der Waals surface area contributed by atoms with Gasteiger partial charge >= 0.3 is 0 Å². The van der Waals surface area contributed by atoms with Crippen molar-refractivity contribution in [3.63, 3.8) is 0 Å². The lowest BCUT2D eigenvalue weighted by Gasteiger charge is -2.17. The number of carbonyl (C=O) groups is 2. The van der Waals surface area contributed by atoms with Crippen molar-refractivity contribution in [1.29, 1.82) is 0 Å². The SMILES string of the molecule is CCC(C)NC(=O)CCNC(=O)[C@@H]1CCC[C@@H]1CN. The Morgan fingerprint density at radius 1 is 1.37 bits per heavy atom. The first kappa shape index (κ1) is 16.0. The van der Waals surface area contributed by atoms with Crippen LogP contribution in [0.25, 0.3) is 0 Å². The van der Waals surface area contributed by atoms with Gasteiger partial charge in [0.05, 0.1) is 0 Å². The lowest BCUT2D eigenvalue weighted by molar-refractivity contribution is -0.126. The Kier molecular flexibility index (Phi) is 6.84. The molecule has 3 atom stereocenters. The van der Waals surface area contributed by atoms with Gasteiger partial charge in [-0.2, -0.15) is 0 Å². The molecule has 0 heterocycles. The number of nitrogens with one attached hydrogen (secondary N) is 2. The van der Waals surface area contributed by atoms with E-state index in [1.165, 1.54) is 0 Å². The van der Waals surface area contributed by atoms with Crippen LogP contribution in [-0.4, -0.2) is 30.9 Å². The maximum atomic E-state index is 12.0. The highest BCUT2D eigenvalue weighted by molar-refractivity contribution is 5.81. The van der Waals surface area contributed by atoms with Gasteiger partial charge in [-0.05, 0) is 38.6 Å². The fourth-order valence-corrected chi connectivity index (χ4v) is 2.54. The van der Waals surface area contributed by atoms with Crippen LogP contribution in [0.15, 0.2) is 0 Å². The third-order valence-corrected chi connectivity index (χ3v) is 3.97. The number of hydrogen-bond acceptors (Lipinski definition) is 3. The molecule has 2 amide bonds. The molecule has 5 nitrogen and oxygen atoms in total. The minimum atomic E-state index is -0.00329. The van der Waals surface area contributed by atoms with Crippen LogP contribution in [0.2, 0.25) is 0 Å². The average molecular weight is 269 g/mol. The first-order valence-electron chi connectivity index (χ1n) is 7.35. The van der Waals surface area contributed by atoms with Crippen LogP contribution in [0.5, 0.6) is 0 Å². The number of nitrogens with two attached hydrogens (primary N) is 1. The second-order valence-electron chi connectivity index (χ2n) is 5.45. The van der Waals surface area contributed by atoms with Gasteiger partial charge in [0.15, 0.2) is 0 Å². The van der Waals surface area contributed by atoms with Crippen LogP contribution < -0.4 is 16.4 Å². The van der Waals surface area contributed by atoms with Crippen molar-refractivity contribution in [2.45, 2.75) is 52.0 Å². The fraction of sp³-hybridized carbons (Fsp3) is 0.857. The molecular weight excluding hydrogens is 242 g/mol. The third kappa shape index (κ3) is 5.19. The molecule has 1 aliphatic carbocycles. The van der Waals surface area contributed by atoms with E-state index in [0.29, 0.717) is 25.4 Å². The molecule has 1 saturated carbocycles. The summed E-state index contributed by atoms with van der Waals surface area (Å²) in [5.74, 6) is 0.414. The van der Waals surface area contributed by atoms with Gasteiger partial charge in [-0.25, -0.2) is 0 Å². The van der Waals surface area contributed by atoms with Gasteiger partial charge in [-0.3, -0.25) is 9.59 Å². The first-order valence-corrected chi connectivity index (χ1v) is 7.35. The van der Waals surface area contributed by atoms with E-state index in [1.807, 2.05) is 13.8 Å². The van der Waals surface area contributed by atoms with Gasteiger partial charge in [0, 0.05) is 24.9 Å². The van der Waals surface area contributed by atoms with E-state index >= 15 is 0 Å². The van der Waals surface area contributed by atoms with E-state index in [4.69, 9.17) is 5.73 Å². The zero-order valence-corrected chi connectivity index (χ0v) is 12.1. The summed E-state index contributed by atoms with van der Waals surface area (Å²) in [6.07, 6.45) is 4.30. The predicted octanol–water partition coefficient (Wildman–Crippen LogP) is 0.782. The smallest absolute Gasteiger partial charge is 0.223 e. The molecule has 1 fully saturated rings. The molecule has 0 radical (unpaired) electrons. The molecule has 110 valence electrons. The quantitative estimate of drug-likeness (QED) is 0.638. The largest absolute Gasteiger partial charge is 0.355 e. The lowest BCUT2D eigenvalue weighted by Crippen LogP contribution is -2.38. The summed E-state index contributed by atoms with van der Waals surface area (Å²) < 4.78 is 0. The second kappa shape index (κ2) is 8.15. The van der Waals surface area contributed by atoms with Crippen LogP contribution in [0.3, 0.4) is 0 Å². The minimum Gasteiger partial charge on any atom is -0.355 e. The Labute approximate surface area is 115 Å². The standard InChI is InChI=1S/C14H27N3O2/c1-3-10(2)17-13(18)7-8-16-14(19)12-6-4-5-11(12)9-15/h10-12H,3-9,15H2,1-2H3,(H,16,19)(H,17,18)/t10?,11-,12-/m1/s1. The summed E-state index contributed by atoms with van der Waals surface area (Å²) in [6, 6.07) is 0.194. The van der Waals surface area contributed by atoms with Crippen molar-refractivity contribution in [2.75, 3.05) is 13.1 Å². The van der Waals surface area contributed by atoms with Crippen molar-refractivity contribution < 1.29 is 9.59 Å². The zero-order chi connectivity index (χ0) is 14.3. The van der Waals surface area contributed by atoms with Crippen molar-refractivity contribution in [2.24, 2.45) is 17.6 Å². The summed E-state index contributed by atoms with van der Waals surface area (Å²) in [4.78, 5) is 23.5. The molecular formula is C14H27N3O2. The molecule has 0 aromatic heterocycles. The molecule has 0 aromatic rings. The summed E-state index contributed by atoms with van der Waals surface area (Å²) in [5, 5.41) is 5.74. The molecule has 5 heteroatoms. The Balaban J connectivity index is 2.21. The average Bonchev–Trinajstić information content (AvgIpc) is 2.86. The highest BCUT2D eigenvalue weighted by atomic mass is 16.2. The molecule has 0 bridgehead atoms. The number of rotatable bonds is 7. The van der Waals surface area contributed by atoms with Gasteiger partial charge in [0.25, 0.3) is 0 Å². The predicted molar refractivity (Wildman–Crippen MR) is 75.4 cm³/mol. The number of carbonyl (C=O) groups excluding carboxylic acids is 2. The highest BCUT2D eigenvalue weighted by Gasteiger charge is 2.31. The molecule has 1 rings (SSSR count). The number of hydrogen-bond donors (Lipinski definition) is 3. The van der Waals surface area contributed by atoms with Crippen LogP contribution in [0, 0.1) is 11.8 Å². The zero-order valence-electron chi connectivity index (χ0n) is 12.1. The Morgan fingerprint density at radius 2 is 2.11 bits per heavy atom. The first-order chi connectivity index (χ1) is 9.08. The Morgan fingerprint density at radius 3 is 2.74 bits per heavy atom. The van der Waals surface area contributed by atoms with E-state index in [1.54, 1.807) is 0 Å². The monoisotopic (exact) mass is 269 g/mol. The van der Waals surface area contributed by atoms with E-state index in [9.17, 15) is 9.59 Å². The summed E-state index contributed by atoms with van der Waals surface area (Å²) in [5.41, 5.74) is 5.66. The lowest BCUT2D eigenvalue weighted by atomic mass is 9.95. The fourth-order valence-electron chi connectivity index (χ4n) is 2.54. The molecule has 4 N–H and O–H groups in total. The minimum absolute atomic E-state index is 0.00329. The molecule has 0 saturated heterocycles. The summed E-state index contributed by atoms with van der Waals surface area (Å²) in [7, 11) is 0. The summed E-state index contributed by atoms with van der Waals surface area (Å²) >= 11 is 0. The van der Waals surface area contributed by atoms with Gasteiger partial charge in [0.1, 0.15) is 0 Å². The van der Waals surface area contributed by atoms with Crippen molar-refractivity contribution in [3.05, 3.63) is 0 Å². The van der Waals surface area contributed by atoms with Crippen LogP contribution in [0.1, 0.15) is 46.0 Å². The van der Waals surface area contributed by atoms with E-state index < -0.39 is 0 Å². The van der Waals surface area contributed by atoms with Crippen LogP contribution in [0.4, 0.5) is 0 Å². The second-order valence-corrected chi connectivity index (χ2v) is 5.45. The van der Waals surface area contributed by atoms with Gasteiger partial charge < -0.3 is 16.4 Å². The number of amides is 2. The topological polar surface area (TPSA) is 84.2 Å². The molecule has 1 aliphatic rings. The Bertz CT molecular complexity index is 307. The van der Waals surface area contributed by atoms with Crippen LogP contribution >= 0.6 is 0 Å².